The second-order valence-corrected chi connectivity index (χ2v) is 10.9. The van der Waals surface area contributed by atoms with Gasteiger partial charge in [-0.3, -0.25) is 0 Å². The van der Waals surface area contributed by atoms with Crippen molar-refractivity contribution in [3.8, 4) is 11.5 Å². The molecule has 0 fully saturated rings. The minimum Gasteiger partial charge on any atom is -0.483 e. The summed E-state index contributed by atoms with van der Waals surface area (Å²) in [6.45, 7) is 24.6. The van der Waals surface area contributed by atoms with Crippen molar-refractivity contribution >= 4 is 11.3 Å². The van der Waals surface area contributed by atoms with Crippen LogP contribution < -0.4 is 9.47 Å². The molecule has 30 heavy (non-hydrogen) atoms. The third kappa shape index (κ3) is 8.05. The molecule has 0 aliphatic rings. The largest absolute Gasteiger partial charge is 0.483 e. The van der Waals surface area contributed by atoms with Gasteiger partial charge in [0, 0.05) is 24.0 Å². The molecule has 176 valence electrons. The molecule has 0 N–H and O–H groups in total. The van der Waals surface area contributed by atoms with Gasteiger partial charge in [0.25, 0.3) is 0 Å². The summed E-state index contributed by atoms with van der Waals surface area (Å²) < 4.78 is 24.5. The quantitative estimate of drug-likeness (QED) is 0.287. The molecule has 0 aliphatic carbocycles. The molecule has 4 nitrogen and oxygen atoms in total. The molecule has 0 spiro atoms. The molecule has 1 aromatic heterocycles. The second-order valence-electron chi connectivity index (χ2n) is 9.91. The van der Waals surface area contributed by atoms with Gasteiger partial charge in [0.15, 0.2) is 11.5 Å². The SMILES string of the molecule is CCCOCC(C)Oc1c(C(C)(C)C)sc(C(C)(C)CC)c1OC(C)COCCC. The summed E-state index contributed by atoms with van der Waals surface area (Å²) in [6.07, 6.45) is 2.97. The van der Waals surface area contributed by atoms with Crippen molar-refractivity contribution in [1.82, 2.24) is 0 Å². The summed E-state index contributed by atoms with van der Waals surface area (Å²) in [7, 11) is 0. The van der Waals surface area contributed by atoms with E-state index in [0.717, 1.165) is 44.0 Å². The zero-order valence-corrected chi connectivity index (χ0v) is 22.0. The Morgan fingerprint density at radius 3 is 1.53 bits per heavy atom. The standard InChI is InChI=1S/C25H46O4S/c1-11-14-26-16-18(4)28-20-21(29-19(5)17-27-15-12-2)23(25(9,10)13-3)30-22(20)24(6,7)8/h18-19H,11-17H2,1-10H3. The van der Waals surface area contributed by atoms with Crippen LogP contribution in [0.1, 0.15) is 98.3 Å². The van der Waals surface area contributed by atoms with E-state index in [-0.39, 0.29) is 23.0 Å². The van der Waals surface area contributed by atoms with Crippen molar-refractivity contribution in [2.45, 2.75) is 112 Å². The lowest BCUT2D eigenvalue weighted by Crippen LogP contribution is -2.24. The number of rotatable bonds is 14. The third-order valence-electron chi connectivity index (χ3n) is 5.04. The molecular weight excluding hydrogens is 396 g/mol. The molecule has 0 radical (unpaired) electrons. The number of hydrogen-bond donors (Lipinski definition) is 0. The summed E-state index contributed by atoms with van der Waals surface area (Å²) in [5.41, 5.74) is -0.0281. The van der Waals surface area contributed by atoms with Gasteiger partial charge < -0.3 is 18.9 Å². The Morgan fingerprint density at radius 2 is 1.17 bits per heavy atom. The maximum Gasteiger partial charge on any atom is 0.176 e. The highest BCUT2D eigenvalue weighted by Crippen LogP contribution is 2.53. The van der Waals surface area contributed by atoms with Gasteiger partial charge in [-0.15, -0.1) is 11.3 Å². The molecule has 5 heteroatoms. The van der Waals surface area contributed by atoms with Gasteiger partial charge in [-0.2, -0.15) is 0 Å². The highest BCUT2D eigenvalue weighted by atomic mass is 32.1. The first-order valence-electron chi connectivity index (χ1n) is 11.6. The Hall–Kier alpha value is -0.780. The Balaban J connectivity index is 3.33. The van der Waals surface area contributed by atoms with Crippen LogP contribution in [0.4, 0.5) is 0 Å². The van der Waals surface area contributed by atoms with E-state index in [1.165, 1.54) is 9.75 Å². The molecule has 0 bridgehead atoms. The predicted molar refractivity (Wildman–Crippen MR) is 129 cm³/mol. The monoisotopic (exact) mass is 442 g/mol. The summed E-state index contributed by atoms with van der Waals surface area (Å²) >= 11 is 1.83. The van der Waals surface area contributed by atoms with E-state index < -0.39 is 0 Å². The zero-order valence-electron chi connectivity index (χ0n) is 21.1. The van der Waals surface area contributed by atoms with Crippen LogP contribution in [0.2, 0.25) is 0 Å². The summed E-state index contributed by atoms with van der Waals surface area (Å²) in [6, 6.07) is 0. The molecule has 0 saturated carbocycles. The van der Waals surface area contributed by atoms with Crippen molar-refractivity contribution in [3.05, 3.63) is 9.75 Å². The molecule has 1 rings (SSSR count). The van der Waals surface area contributed by atoms with Gasteiger partial charge >= 0.3 is 0 Å². The van der Waals surface area contributed by atoms with Gasteiger partial charge in [-0.05, 0) is 33.1 Å². The first-order valence-corrected chi connectivity index (χ1v) is 12.5. The normalized spacial score (nSPS) is 14.6. The smallest absolute Gasteiger partial charge is 0.176 e. The van der Waals surface area contributed by atoms with Crippen LogP contribution in [0, 0.1) is 0 Å². The fourth-order valence-electron chi connectivity index (χ4n) is 2.97. The lowest BCUT2D eigenvalue weighted by Gasteiger charge is -2.26. The molecule has 0 aromatic carbocycles. The fraction of sp³-hybridized carbons (Fsp3) is 0.840. The van der Waals surface area contributed by atoms with Crippen LogP contribution in [-0.2, 0) is 20.3 Å². The van der Waals surface area contributed by atoms with Crippen LogP contribution >= 0.6 is 11.3 Å². The van der Waals surface area contributed by atoms with Crippen molar-refractivity contribution in [3.63, 3.8) is 0 Å². The summed E-state index contributed by atoms with van der Waals surface area (Å²) in [4.78, 5) is 2.49. The minimum atomic E-state index is -0.0427. The maximum atomic E-state index is 6.53. The van der Waals surface area contributed by atoms with E-state index in [4.69, 9.17) is 18.9 Å². The van der Waals surface area contributed by atoms with Crippen molar-refractivity contribution in [1.29, 1.82) is 0 Å². The van der Waals surface area contributed by atoms with Crippen LogP contribution in [0.15, 0.2) is 0 Å². The van der Waals surface area contributed by atoms with Crippen molar-refractivity contribution in [2.75, 3.05) is 26.4 Å². The van der Waals surface area contributed by atoms with Crippen LogP contribution in [-0.4, -0.2) is 38.6 Å². The molecule has 0 amide bonds. The molecule has 2 unspecified atom stereocenters. The molecule has 0 aliphatic heterocycles. The van der Waals surface area contributed by atoms with Gasteiger partial charge in [0.1, 0.15) is 12.2 Å². The zero-order chi connectivity index (χ0) is 22.9. The van der Waals surface area contributed by atoms with Gasteiger partial charge in [0.2, 0.25) is 0 Å². The van der Waals surface area contributed by atoms with E-state index in [2.05, 4.69) is 69.2 Å². The molecule has 1 heterocycles. The van der Waals surface area contributed by atoms with Crippen LogP contribution in [0.5, 0.6) is 11.5 Å². The first kappa shape index (κ1) is 27.3. The van der Waals surface area contributed by atoms with Crippen molar-refractivity contribution in [2.24, 2.45) is 0 Å². The second kappa shape index (κ2) is 12.3. The lowest BCUT2D eigenvalue weighted by atomic mass is 9.87. The highest BCUT2D eigenvalue weighted by Gasteiger charge is 2.36. The molecule has 2 atom stereocenters. The number of ether oxygens (including phenoxy) is 4. The fourth-order valence-corrected chi connectivity index (χ4v) is 4.37. The van der Waals surface area contributed by atoms with Gasteiger partial charge in [-0.25, -0.2) is 0 Å². The van der Waals surface area contributed by atoms with Gasteiger partial charge in [0.05, 0.1) is 23.0 Å². The van der Waals surface area contributed by atoms with Crippen molar-refractivity contribution < 1.29 is 18.9 Å². The van der Waals surface area contributed by atoms with E-state index >= 15 is 0 Å². The van der Waals surface area contributed by atoms with Gasteiger partial charge in [-0.1, -0.05) is 55.4 Å². The lowest BCUT2D eigenvalue weighted by molar-refractivity contribution is 0.0453. The van der Waals surface area contributed by atoms with Crippen LogP contribution in [0.25, 0.3) is 0 Å². The number of hydrogen-bond acceptors (Lipinski definition) is 5. The average Bonchev–Trinajstić information content (AvgIpc) is 3.01. The van der Waals surface area contributed by atoms with E-state index in [1.54, 1.807) is 0 Å². The first-order chi connectivity index (χ1) is 14.0. The molecule has 0 saturated heterocycles. The van der Waals surface area contributed by atoms with E-state index in [1.807, 2.05) is 11.3 Å². The Bertz CT molecular complexity index is 615. The van der Waals surface area contributed by atoms with E-state index in [0.29, 0.717) is 13.2 Å². The van der Waals surface area contributed by atoms with E-state index in [9.17, 15) is 0 Å². The predicted octanol–water partition coefficient (Wildman–Crippen LogP) is 7.12. The highest BCUT2D eigenvalue weighted by molar-refractivity contribution is 7.13. The Kier molecular flexibility index (Phi) is 11.2. The Morgan fingerprint density at radius 1 is 0.733 bits per heavy atom. The average molecular weight is 443 g/mol. The van der Waals surface area contributed by atoms with Crippen LogP contribution in [0.3, 0.4) is 0 Å². The summed E-state index contributed by atoms with van der Waals surface area (Å²) in [5, 5.41) is 0. The summed E-state index contributed by atoms with van der Waals surface area (Å²) in [5.74, 6) is 1.78. The third-order valence-corrected chi connectivity index (χ3v) is 6.99. The Labute approximate surface area is 189 Å². The molecular formula is C25H46O4S. The minimum absolute atomic E-state index is 0.00749. The maximum absolute atomic E-state index is 6.53. The molecule has 1 aromatic rings. The topological polar surface area (TPSA) is 36.9 Å². The number of thiophene rings is 1.